The first-order chi connectivity index (χ1) is 13.1. The molecule has 2 atom stereocenters. The van der Waals surface area contributed by atoms with Crippen molar-refractivity contribution in [3.05, 3.63) is 99.0 Å². The molecule has 0 saturated carbocycles. The van der Waals surface area contributed by atoms with Crippen LogP contribution in [0, 0.1) is 0 Å². The largest absolute Gasteiger partial charge is 0.508 e. The number of rotatable bonds is 4. The van der Waals surface area contributed by atoms with Crippen molar-refractivity contribution in [2.24, 2.45) is 0 Å². The number of hydrogen-bond acceptors (Lipinski definition) is 2. The third-order valence-corrected chi connectivity index (χ3v) is 6.30. The van der Waals surface area contributed by atoms with Crippen LogP contribution in [0.15, 0.2) is 77.3 Å². The molecule has 0 radical (unpaired) electrons. The summed E-state index contributed by atoms with van der Waals surface area (Å²) in [5.41, 5.74) is 3.51. The Bertz CT molecular complexity index is 931. The summed E-state index contributed by atoms with van der Waals surface area (Å²) in [5, 5.41) is 11.2. The van der Waals surface area contributed by atoms with Gasteiger partial charge in [-0.05, 0) is 35.4 Å². The molecule has 1 heterocycles. The molecule has 1 aliphatic rings. The van der Waals surface area contributed by atoms with Gasteiger partial charge in [-0.2, -0.15) is 0 Å². The lowest BCUT2D eigenvalue weighted by molar-refractivity contribution is 0.323. The molecule has 4 rings (SSSR count). The van der Waals surface area contributed by atoms with Crippen LogP contribution in [0.4, 0.5) is 0 Å². The Labute approximate surface area is 173 Å². The predicted octanol–water partition coefficient (Wildman–Crippen LogP) is 6.19. The van der Waals surface area contributed by atoms with Gasteiger partial charge in [0.15, 0.2) is 0 Å². The number of phenolic OH excluding ortho intramolecular Hbond substituents is 1. The molecular formula is C23H21BrClNO. The van der Waals surface area contributed by atoms with Crippen LogP contribution in [0.2, 0.25) is 5.02 Å². The van der Waals surface area contributed by atoms with Gasteiger partial charge in [0.2, 0.25) is 0 Å². The molecule has 0 unspecified atom stereocenters. The second kappa shape index (κ2) is 8.05. The molecule has 0 spiro atoms. The maximum Gasteiger partial charge on any atom is 0.119 e. The van der Waals surface area contributed by atoms with Gasteiger partial charge in [-0.1, -0.05) is 76.1 Å². The van der Waals surface area contributed by atoms with Crippen molar-refractivity contribution < 1.29 is 5.11 Å². The highest BCUT2D eigenvalue weighted by Crippen LogP contribution is 2.45. The predicted molar refractivity (Wildman–Crippen MR) is 114 cm³/mol. The van der Waals surface area contributed by atoms with Crippen LogP contribution in [0.5, 0.6) is 5.75 Å². The second-order valence-corrected chi connectivity index (χ2v) is 8.41. The van der Waals surface area contributed by atoms with Crippen molar-refractivity contribution in [2.45, 2.75) is 18.4 Å². The lowest BCUT2D eigenvalue weighted by Crippen LogP contribution is -2.20. The van der Waals surface area contributed by atoms with Crippen LogP contribution in [0.1, 0.15) is 28.5 Å². The summed E-state index contributed by atoms with van der Waals surface area (Å²) in [7, 11) is 0. The minimum atomic E-state index is 0.186. The van der Waals surface area contributed by atoms with Gasteiger partial charge in [0.05, 0.1) is 0 Å². The average molecular weight is 443 g/mol. The molecule has 0 amide bonds. The first-order valence-corrected chi connectivity index (χ1v) is 10.3. The number of phenols is 1. The van der Waals surface area contributed by atoms with Crippen LogP contribution < -0.4 is 0 Å². The monoisotopic (exact) mass is 441 g/mol. The van der Waals surface area contributed by atoms with E-state index in [1.165, 1.54) is 11.1 Å². The summed E-state index contributed by atoms with van der Waals surface area (Å²) in [5.74, 6) is 0.794. The molecule has 1 fully saturated rings. The molecular weight excluding hydrogens is 422 g/mol. The van der Waals surface area contributed by atoms with E-state index in [-0.39, 0.29) is 11.8 Å². The fraction of sp³-hybridized carbons (Fsp3) is 0.217. The fourth-order valence-electron chi connectivity index (χ4n) is 4.08. The van der Waals surface area contributed by atoms with Gasteiger partial charge in [0.1, 0.15) is 5.75 Å². The highest BCUT2D eigenvalue weighted by atomic mass is 79.9. The summed E-state index contributed by atoms with van der Waals surface area (Å²) < 4.78 is 1.11. The topological polar surface area (TPSA) is 23.5 Å². The molecule has 0 bridgehead atoms. The minimum Gasteiger partial charge on any atom is -0.508 e. The maximum absolute atomic E-state index is 10.5. The van der Waals surface area contributed by atoms with E-state index in [0.717, 1.165) is 29.7 Å². The van der Waals surface area contributed by atoms with Gasteiger partial charge in [0.25, 0.3) is 0 Å². The van der Waals surface area contributed by atoms with Crippen LogP contribution >= 0.6 is 27.5 Å². The van der Waals surface area contributed by atoms with Crippen molar-refractivity contribution in [1.82, 2.24) is 4.90 Å². The van der Waals surface area contributed by atoms with Crippen LogP contribution in [-0.4, -0.2) is 23.1 Å². The first-order valence-electron chi connectivity index (χ1n) is 9.11. The van der Waals surface area contributed by atoms with Crippen LogP contribution in [-0.2, 0) is 6.54 Å². The zero-order valence-electron chi connectivity index (χ0n) is 14.9. The molecule has 1 aliphatic heterocycles. The van der Waals surface area contributed by atoms with Gasteiger partial charge in [-0.3, -0.25) is 4.90 Å². The standard InChI is InChI=1S/C23H21BrClNO/c24-22-9-5-4-8-18(22)20-14-26(13-16-6-2-1-3-7-16)15-21(20)19-12-17(25)10-11-23(19)27/h1-12,20-21,27H,13-15H2/t20-,21-/m1/s1. The third-order valence-electron chi connectivity index (χ3n) is 5.34. The first kappa shape index (κ1) is 18.5. The molecule has 138 valence electrons. The number of hydrogen-bond donors (Lipinski definition) is 1. The van der Waals surface area contributed by atoms with E-state index in [1.807, 2.05) is 18.2 Å². The van der Waals surface area contributed by atoms with Crippen LogP contribution in [0.3, 0.4) is 0 Å². The Balaban J connectivity index is 1.69. The molecule has 27 heavy (non-hydrogen) atoms. The molecule has 3 aromatic rings. The van der Waals surface area contributed by atoms with Gasteiger partial charge < -0.3 is 5.11 Å². The smallest absolute Gasteiger partial charge is 0.119 e. The van der Waals surface area contributed by atoms with Gasteiger partial charge in [-0.15, -0.1) is 0 Å². The SMILES string of the molecule is Oc1ccc(Cl)cc1[C@H]1CN(Cc2ccccc2)C[C@@H]1c1ccccc1Br. The Morgan fingerprint density at radius 1 is 0.889 bits per heavy atom. The zero-order valence-corrected chi connectivity index (χ0v) is 17.2. The lowest BCUT2D eigenvalue weighted by Gasteiger charge is -2.21. The van der Waals surface area contributed by atoms with Crippen molar-refractivity contribution in [1.29, 1.82) is 0 Å². The van der Waals surface area contributed by atoms with Crippen LogP contribution in [0.25, 0.3) is 0 Å². The number of halogens is 2. The van der Waals surface area contributed by atoms with E-state index in [2.05, 4.69) is 63.3 Å². The van der Waals surface area contributed by atoms with Crippen molar-refractivity contribution in [2.75, 3.05) is 13.1 Å². The number of benzene rings is 3. The van der Waals surface area contributed by atoms with Gasteiger partial charge in [-0.25, -0.2) is 0 Å². The summed E-state index contributed by atoms with van der Waals surface area (Å²) in [6, 6.07) is 24.3. The Morgan fingerprint density at radius 3 is 2.30 bits per heavy atom. The second-order valence-electron chi connectivity index (χ2n) is 7.12. The highest BCUT2D eigenvalue weighted by molar-refractivity contribution is 9.10. The zero-order chi connectivity index (χ0) is 18.8. The summed E-state index contributed by atoms with van der Waals surface area (Å²) in [6.07, 6.45) is 0. The third kappa shape index (κ3) is 4.06. The van der Waals surface area contributed by atoms with Crippen molar-refractivity contribution in [3.63, 3.8) is 0 Å². The van der Waals surface area contributed by atoms with E-state index >= 15 is 0 Å². The molecule has 4 heteroatoms. The molecule has 0 aromatic heterocycles. The van der Waals surface area contributed by atoms with E-state index in [0.29, 0.717) is 10.8 Å². The normalized spacial score (nSPS) is 20.1. The van der Waals surface area contributed by atoms with E-state index in [1.54, 1.807) is 12.1 Å². The summed E-state index contributed by atoms with van der Waals surface area (Å²) >= 11 is 9.97. The summed E-state index contributed by atoms with van der Waals surface area (Å²) in [4.78, 5) is 2.46. The molecule has 1 saturated heterocycles. The minimum absolute atomic E-state index is 0.186. The average Bonchev–Trinajstić information content (AvgIpc) is 3.08. The van der Waals surface area contributed by atoms with Gasteiger partial charge in [0, 0.05) is 46.5 Å². The molecule has 2 nitrogen and oxygen atoms in total. The number of nitrogens with zero attached hydrogens (tertiary/aromatic N) is 1. The Morgan fingerprint density at radius 2 is 1.56 bits per heavy atom. The van der Waals surface area contributed by atoms with E-state index in [4.69, 9.17) is 11.6 Å². The van der Waals surface area contributed by atoms with Crippen molar-refractivity contribution in [3.8, 4) is 5.75 Å². The Kier molecular flexibility index (Phi) is 5.53. The van der Waals surface area contributed by atoms with E-state index < -0.39 is 0 Å². The fourth-order valence-corrected chi connectivity index (χ4v) is 4.84. The molecule has 3 aromatic carbocycles. The molecule has 0 aliphatic carbocycles. The quantitative estimate of drug-likeness (QED) is 0.520. The molecule has 1 N–H and O–H groups in total. The lowest BCUT2D eigenvalue weighted by atomic mass is 9.84. The number of aromatic hydroxyl groups is 1. The highest BCUT2D eigenvalue weighted by Gasteiger charge is 2.37. The number of likely N-dealkylation sites (tertiary alicyclic amines) is 1. The van der Waals surface area contributed by atoms with Gasteiger partial charge >= 0.3 is 0 Å². The van der Waals surface area contributed by atoms with E-state index in [9.17, 15) is 5.11 Å². The Hall–Kier alpha value is -1.81. The van der Waals surface area contributed by atoms with Crippen molar-refractivity contribution >= 4 is 27.5 Å². The maximum atomic E-state index is 10.5. The summed E-state index contributed by atoms with van der Waals surface area (Å²) in [6.45, 7) is 2.72.